The second-order valence-electron chi connectivity index (χ2n) is 5.10. The van der Waals surface area contributed by atoms with Crippen molar-refractivity contribution in [3.63, 3.8) is 0 Å². The summed E-state index contributed by atoms with van der Waals surface area (Å²) >= 11 is 12.0. The summed E-state index contributed by atoms with van der Waals surface area (Å²) in [7, 11) is 1.76. The molecule has 0 radical (unpaired) electrons. The van der Waals surface area contributed by atoms with Crippen LogP contribution in [0.2, 0.25) is 10.0 Å². The molecular formula is C18H14Cl2N2O2. The van der Waals surface area contributed by atoms with E-state index in [1.807, 2.05) is 30.3 Å². The minimum Gasteiger partial charge on any atom is -0.506 e. The van der Waals surface area contributed by atoms with Gasteiger partial charge in [-0.3, -0.25) is 0 Å². The summed E-state index contributed by atoms with van der Waals surface area (Å²) in [5, 5.41) is 14.7. The van der Waals surface area contributed by atoms with Crippen LogP contribution in [0.5, 0.6) is 17.4 Å². The molecule has 0 aliphatic rings. The molecule has 0 unspecified atom stereocenters. The van der Waals surface area contributed by atoms with Gasteiger partial charge in [0.05, 0.1) is 15.6 Å². The second kappa shape index (κ2) is 6.59. The highest BCUT2D eigenvalue weighted by molar-refractivity contribution is 6.36. The Balaban J connectivity index is 2.08. The van der Waals surface area contributed by atoms with Crippen molar-refractivity contribution in [3.05, 3.63) is 64.7 Å². The molecule has 0 spiro atoms. The fourth-order valence-corrected chi connectivity index (χ4v) is 2.76. The van der Waals surface area contributed by atoms with Crippen molar-refractivity contribution in [1.29, 1.82) is 0 Å². The third-order valence-corrected chi connectivity index (χ3v) is 4.09. The lowest BCUT2D eigenvalue weighted by molar-refractivity contribution is 0.422. The molecule has 24 heavy (non-hydrogen) atoms. The molecule has 6 heteroatoms. The first kappa shape index (κ1) is 16.4. The van der Waals surface area contributed by atoms with Crippen molar-refractivity contribution in [2.45, 2.75) is 0 Å². The molecule has 2 aromatic carbocycles. The average Bonchev–Trinajstić information content (AvgIpc) is 2.89. The largest absolute Gasteiger partial charge is 0.506 e. The van der Waals surface area contributed by atoms with Gasteiger partial charge in [0.2, 0.25) is 5.88 Å². The molecule has 3 rings (SSSR count). The maximum absolute atomic E-state index is 9.77. The number of phenolic OH excluding ortho intramolecular Hbond substituents is 1. The van der Waals surface area contributed by atoms with Gasteiger partial charge in [-0.25, -0.2) is 4.68 Å². The maximum Gasteiger partial charge on any atom is 0.225 e. The van der Waals surface area contributed by atoms with Gasteiger partial charge in [-0.1, -0.05) is 66.2 Å². The van der Waals surface area contributed by atoms with Crippen LogP contribution in [0.15, 0.2) is 49.0 Å². The van der Waals surface area contributed by atoms with Crippen LogP contribution < -0.4 is 4.74 Å². The lowest BCUT2D eigenvalue weighted by Crippen LogP contribution is -1.96. The van der Waals surface area contributed by atoms with Gasteiger partial charge in [0.15, 0.2) is 5.75 Å². The van der Waals surface area contributed by atoms with Crippen LogP contribution in [0.4, 0.5) is 0 Å². The Hall–Kier alpha value is -2.43. The molecule has 122 valence electrons. The summed E-state index contributed by atoms with van der Waals surface area (Å²) < 4.78 is 7.48. The van der Waals surface area contributed by atoms with E-state index >= 15 is 0 Å². The van der Waals surface area contributed by atoms with Crippen LogP contribution in [-0.4, -0.2) is 14.9 Å². The zero-order chi connectivity index (χ0) is 17.3. The first-order valence-electron chi connectivity index (χ1n) is 7.12. The first-order valence-corrected chi connectivity index (χ1v) is 7.87. The molecule has 0 aliphatic heterocycles. The first-order chi connectivity index (χ1) is 11.5. The normalized spacial score (nSPS) is 10.6. The molecule has 1 N–H and O–H groups in total. The number of hydrogen-bond acceptors (Lipinski definition) is 3. The van der Waals surface area contributed by atoms with Crippen molar-refractivity contribution in [2.75, 3.05) is 0 Å². The third kappa shape index (κ3) is 2.98. The number of aryl methyl sites for hydroxylation is 1. The fourth-order valence-electron chi connectivity index (χ4n) is 2.34. The summed E-state index contributed by atoms with van der Waals surface area (Å²) in [6.45, 7) is 3.85. The number of nitrogens with zero attached hydrogens (tertiary/aromatic N) is 2. The summed E-state index contributed by atoms with van der Waals surface area (Å²) in [5.41, 5.74) is 2.43. The summed E-state index contributed by atoms with van der Waals surface area (Å²) in [6, 6.07) is 12.5. The predicted molar refractivity (Wildman–Crippen MR) is 96.9 cm³/mol. The molecule has 1 heterocycles. The zero-order valence-electron chi connectivity index (χ0n) is 12.8. The fraction of sp³-hybridized carbons (Fsp3) is 0.0556. The molecule has 3 aromatic rings. The molecule has 0 saturated carbocycles. The molecule has 4 nitrogen and oxygen atoms in total. The predicted octanol–water partition coefficient (Wildman–Crippen LogP) is 5.53. The smallest absolute Gasteiger partial charge is 0.225 e. The Morgan fingerprint density at radius 1 is 1.17 bits per heavy atom. The van der Waals surface area contributed by atoms with E-state index < -0.39 is 0 Å². The van der Waals surface area contributed by atoms with Gasteiger partial charge in [0, 0.05) is 18.7 Å². The number of benzene rings is 2. The number of hydrogen-bond donors (Lipinski definition) is 1. The van der Waals surface area contributed by atoms with Gasteiger partial charge < -0.3 is 9.84 Å². The lowest BCUT2D eigenvalue weighted by Gasteiger charge is -2.10. The number of aromatic hydroxyl groups is 1. The highest BCUT2D eigenvalue weighted by Gasteiger charge is 2.19. The molecule has 1 aromatic heterocycles. The van der Waals surface area contributed by atoms with E-state index in [0.717, 1.165) is 16.8 Å². The van der Waals surface area contributed by atoms with Gasteiger partial charge in [0.1, 0.15) is 11.4 Å². The molecule has 0 aliphatic carbocycles. The van der Waals surface area contributed by atoms with Gasteiger partial charge >= 0.3 is 0 Å². The number of rotatable bonds is 4. The number of ether oxygens (including phenoxy) is 1. The minimum atomic E-state index is -0.110. The Bertz CT molecular complexity index is 905. The van der Waals surface area contributed by atoms with E-state index in [1.54, 1.807) is 17.8 Å². The molecule has 0 fully saturated rings. The van der Waals surface area contributed by atoms with Gasteiger partial charge in [-0.05, 0) is 6.07 Å². The van der Waals surface area contributed by atoms with E-state index in [2.05, 4.69) is 11.7 Å². The Morgan fingerprint density at radius 2 is 1.88 bits per heavy atom. The van der Waals surface area contributed by atoms with Crippen LogP contribution in [-0.2, 0) is 7.05 Å². The van der Waals surface area contributed by atoms with E-state index in [-0.39, 0.29) is 21.5 Å². The number of halogens is 2. The van der Waals surface area contributed by atoms with E-state index in [4.69, 9.17) is 27.9 Å². The number of phenols is 1. The van der Waals surface area contributed by atoms with Crippen molar-refractivity contribution in [2.24, 2.45) is 7.05 Å². The highest BCUT2D eigenvalue weighted by Crippen LogP contribution is 2.40. The zero-order valence-corrected chi connectivity index (χ0v) is 14.3. The van der Waals surface area contributed by atoms with Gasteiger partial charge in [-0.15, -0.1) is 0 Å². The van der Waals surface area contributed by atoms with Gasteiger partial charge in [0.25, 0.3) is 0 Å². The highest BCUT2D eigenvalue weighted by atomic mass is 35.5. The van der Waals surface area contributed by atoms with Crippen LogP contribution in [0.3, 0.4) is 0 Å². The summed E-state index contributed by atoms with van der Waals surface area (Å²) in [5.74, 6) is 0.637. The Morgan fingerprint density at radius 3 is 2.54 bits per heavy atom. The van der Waals surface area contributed by atoms with Gasteiger partial charge in [-0.2, -0.15) is 5.10 Å². The average molecular weight is 361 g/mol. The molecule has 0 amide bonds. The number of aromatic nitrogens is 2. The minimum absolute atomic E-state index is 0.110. The van der Waals surface area contributed by atoms with Crippen molar-refractivity contribution >= 4 is 29.3 Å². The maximum atomic E-state index is 9.77. The monoisotopic (exact) mass is 360 g/mol. The second-order valence-corrected chi connectivity index (χ2v) is 5.91. The van der Waals surface area contributed by atoms with Crippen LogP contribution >= 0.6 is 23.2 Å². The molecular weight excluding hydrogens is 347 g/mol. The van der Waals surface area contributed by atoms with Crippen molar-refractivity contribution in [1.82, 2.24) is 9.78 Å². The third-order valence-electron chi connectivity index (χ3n) is 3.49. The molecule has 0 bridgehead atoms. The van der Waals surface area contributed by atoms with Crippen LogP contribution in [0.25, 0.3) is 17.3 Å². The van der Waals surface area contributed by atoms with E-state index in [1.165, 1.54) is 12.1 Å². The molecule has 0 saturated heterocycles. The van der Waals surface area contributed by atoms with Crippen molar-refractivity contribution < 1.29 is 9.84 Å². The van der Waals surface area contributed by atoms with Crippen LogP contribution in [0.1, 0.15) is 5.56 Å². The molecule has 0 atom stereocenters. The van der Waals surface area contributed by atoms with Crippen LogP contribution in [0, 0.1) is 0 Å². The SMILES string of the molecule is C=Cc1c(-c2ccccc2)nn(C)c1Oc1cc(O)c(Cl)cc1Cl. The Kier molecular flexibility index (Phi) is 4.51. The summed E-state index contributed by atoms with van der Waals surface area (Å²) in [6.07, 6.45) is 1.67. The van der Waals surface area contributed by atoms with E-state index in [0.29, 0.717) is 5.88 Å². The Labute approximate surface area is 149 Å². The standard InChI is InChI=1S/C18H14Cl2N2O2/c1-3-12-17(11-7-5-4-6-8-11)21-22(2)18(12)24-16-10-15(23)13(19)9-14(16)20/h3-10,23H,1H2,2H3. The van der Waals surface area contributed by atoms with Crippen molar-refractivity contribution in [3.8, 4) is 28.6 Å². The quantitative estimate of drug-likeness (QED) is 0.664. The summed E-state index contributed by atoms with van der Waals surface area (Å²) in [4.78, 5) is 0. The topological polar surface area (TPSA) is 47.3 Å². The van der Waals surface area contributed by atoms with E-state index in [9.17, 15) is 5.11 Å². The lowest BCUT2D eigenvalue weighted by atomic mass is 10.1.